The van der Waals surface area contributed by atoms with Gasteiger partial charge in [-0.05, 0) is 37.5 Å². The van der Waals surface area contributed by atoms with E-state index in [1.54, 1.807) is 24.0 Å². The number of halogens is 1. The Bertz CT molecular complexity index is 537. The minimum absolute atomic E-state index is 0.0512. The summed E-state index contributed by atoms with van der Waals surface area (Å²) in [5.41, 5.74) is 0.234. The number of hydrogen-bond donors (Lipinski definition) is 1. The van der Waals surface area contributed by atoms with Gasteiger partial charge < -0.3 is 10.0 Å². The molecule has 0 aromatic heterocycles. The zero-order valence-electron chi connectivity index (χ0n) is 12.3. The van der Waals surface area contributed by atoms with E-state index in [0.717, 1.165) is 18.4 Å². The first-order valence-electron chi connectivity index (χ1n) is 7.19. The smallest absolute Gasteiger partial charge is 0.308 e. The zero-order chi connectivity index (χ0) is 15.6. The van der Waals surface area contributed by atoms with Crippen LogP contribution in [0, 0.1) is 11.7 Å². The number of aliphatic carboxylic acids is 1. The van der Waals surface area contributed by atoms with Crippen molar-refractivity contribution in [3.05, 3.63) is 35.6 Å². The summed E-state index contributed by atoms with van der Waals surface area (Å²) in [5, 5.41) is 8.99. The number of hydrogen-bond acceptors (Lipinski definition) is 2. The highest BCUT2D eigenvalue weighted by Gasteiger charge is 2.52. The summed E-state index contributed by atoms with van der Waals surface area (Å²) in [6.45, 7) is 4.11. The van der Waals surface area contributed by atoms with Crippen molar-refractivity contribution in [3.8, 4) is 0 Å². The van der Waals surface area contributed by atoms with Crippen LogP contribution in [0.4, 0.5) is 4.39 Å². The molecule has 2 rings (SSSR count). The highest BCUT2D eigenvalue weighted by atomic mass is 19.1. The van der Waals surface area contributed by atoms with E-state index in [4.69, 9.17) is 5.11 Å². The number of likely N-dealkylation sites (N-methyl/N-ethyl adjacent to an activating group) is 1. The van der Waals surface area contributed by atoms with Crippen LogP contribution in [0.2, 0.25) is 0 Å². The number of rotatable bonds is 6. The van der Waals surface area contributed by atoms with Gasteiger partial charge in [0.05, 0.1) is 11.3 Å². The van der Waals surface area contributed by atoms with E-state index in [2.05, 4.69) is 0 Å². The Morgan fingerprint density at radius 2 is 1.90 bits per heavy atom. The molecule has 114 valence electrons. The van der Waals surface area contributed by atoms with Crippen LogP contribution in [0.15, 0.2) is 24.3 Å². The second-order valence-electron chi connectivity index (χ2n) is 5.67. The van der Waals surface area contributed by atoms with Gasteiger partial charge in [-0.1, -0.05) is 19.1 Å². The Morgan fingerprint density at radius 1 is 1.33 bits per heavy atom. The summed E-state index contributed by atoms with van der Waals surface area (Å²) in [4.78, 5) is 25.3. The van der Waals surface area contributed by atoms with E-state index >= 15 is 0 Å². The Kier molecular flexibility index (Phi) is 4.30. The molecule has 1 fully saturated rings. The van der Waals surface area contributed by atoms with Crippen molar-refractivity contribution >= 4 is 11.9 Å². The molecule has 1 aliphatic rings. The summed E-state index contributed by atoms with van der Waals surface area (Å²) >= 11 is 0. The number of benzene rings is 1. The molecule has 0 radical (unpaired) electrons. The molecule has 0 aliphatic heterocycles. The number of carbonyl (C=O) groups is 2. The normalized spacial score (nSPS) is 17.1. The van der Waals surface area contributed by atoms with Crippen LogP contribution in [0.5, 0.6) is 0 Å². The van der Waals surface area contributed by atoms with E-state index in [0.29, 0.717) is 6.54 Å². The van der Waals surface area contributed by atoms with Gasteiger partial charge in [0.25, 0.3) is 0 Å². The molecule has 1 N–H and O–H groups in total. The average molecular weight is 293 g/mol. The summed E-state index contributed by atoms with van der Waals surface area (Å²) < 4.78 is 13.0. The Balaban J connectivity index is 2.17. The molecular formula is C16H20FNO3. The van der Waals surface area contributed by atoms with Crippen LogP contribution >= 0.6 is 0 Å². The average Bonchev–Trinajstić information content (AvgIpc) is 3.26. The standard InChI is InChI=1S/C16H20FNO3/c1-3-18(10-11(2)14(19)20)15(21)16(8-9-16)12-4-6-13(17)7-5-12/h4-7,11H,3,8-10H2,1-2H3,(H,19,20). The van der Waals surface area contributed by atoms with Crippen LogP contribution in [0.3, 0.4) is 0 Å². The topological polar surface area (TPSA) is 57.6 Å². The third-order valence-electron chi connectivity index (χ3n) is 4.14. The van der Waals surface area contributed by atoms with E-state index < -0.39 is 17.3 Å². The highest BCUT2D eigenvalue weighted by Crippen LogP contribution is 2.49. The van der Waals surface area contributed by atoms with Gasteiger partial charge in [-0.15, -0.1) is 0 Å². The van der Waals surface area contributed by atoms with Gasteiger partial charge in [0.1, 0.15) is 5.82 Å². The molecule has 1 aromatic carbocycles. The Hall–Kier alpha value is -1.91. The maximum absolute atomic E-state index is 13.0. The molecule has 1 aromatic rings. The van der Waals surface area contributed by atoms with E-state index in [1.807, 2.05) is 6.92 Å². The molecule has 21 heavy (non-hydrogen) atoms. The zero-order valence-corrected chi connectivity index (χ0v) is 12.3. The number of carboxylic acid groups (broad SMARTS) is 1. The van der Waals surface area contributed by atoms with Crippen molar-refractivity contribution in [2.45, 2.75) is 32.1 Å². The molecule has 0 spiro atoms. The second kappa shape index (κ2) is 5.84. The van der Waals surface area contributed by atoms with Crippen LogP contribution < -0.4 is 0 Å². The number of carbonyl (C=O) groups excluding carboxylic acids is 1. The summed E-state index contributed by atoms with van der Waals surface area (Å²) in [5.74, 6) is -1.88. The third-order valence-corrected chi connectivity index (χ3v) is 4.14. The van der Waals surface area contributed by atoms with Crippen LogP contribution in [0.1, 0.15) is 32.3 Å². The molecular weight excluding hydrogens is 273 g/mol. The molecule has 1 atom stereocenters. The van der Waals surface area contributed by atoms with Gasteiger partial charge in [-0.2, -0.15) is 0 Å². The van der Waals surface area contributed by atoms with E-state index in [-0.39, 0.29) is 18.3 Å². The Morgan fingerprint density at radius 3 is 2.33 bits per heavy atom. The van der Waals surface area contributed by atoms with Crippen molar-refractivity contribution in [2.75, 3.05) is 13.1 Å². The van der Waals surface area contributed by atoms with Crippen LogP contribution in [0.25, 0.3) is 0 Å². The monoisotopic (exact) mass is 293 g/mol. The fraction of sp³-hybridized carbons (Fsp3) is 0.500. The number of amides is 1. The predicted molar refractivity (Wildman–Crippen MR) is 76.4 cm³/mol. The van der Waals surface area contributed by atoms with Gasteiger partial charge >= 0.3 is 5.97 Å². The molecule has 1 amide bonds. The van der Waals surface area contributed by atoms with Crippen molar-refractivity contribution < 1.29 is 19.1 Å². The fourth-order valence-electron chi connectivity index (χ4n) is 2.59. The summed E-state index contributed by atoms with van der Waals surface area (Å²) in [7, 11) is 0. The molecule has 5 heteroatoms. The van der Waals surface area contributed by atoms with Gasteiger partial charge in [0.15, 0.2) is 0 Å². The molecule has 1 unspecified atom stereocenters. The minimum Gasteiger partial charge on any atom is -0.481 e. The van der Waals surface area contributed by atoms with Crippen molar-refractivity contribution in [1.82, 2.24) is 4.90 Å². The van der Waals surface area contributed by atoms with E-state index in [9.17, 15) is 14.0 Å². The summed E-state index contributed by atoms with van der Waals surface area (Å²) in [6, 6.07) is 6.01. The van der Waals surface area contributed by atoms with Crippen molar-refractivity contribution in [2.24, 2.45) is 5.92 Å². The van der Waals surface area contributed by atoms with Gasteiger partial charge in [0, 0.05) is 13.1 Å². The Labute approximate surface area is 123 Å². The molecule has 4 nitrogen and oxygen atoms in total. The first kappa shape index (κ1) is 15.5. The molecule has 1 aliphatic carbocycles. The molecule has 0 bridgehead atoms. The largest absolute Gasteiger partial charge is 0.481 e. The van der Waals surface area contributed by atoms with E-state index in [1.165, 1.54) is 12.1 Å². The lowest BCUT2D eigenvalue weighted by atomic mass is 9.94. The lowest BCUT2D eigenvalue weighted by molar-refractivity contribution is -0.143. The fourth-order valence-corrected chi connectivity index (χ4v) is 2.59. The quantitative estimate of drug-likeness (QED) is 0.876. The van der Waals surface area contributed by atoms with Gasteiger partial charge in [0.2, 0.25) is 5.91 Å². The first-order valence-corrected chi connectivity index (χ1v) is 7.19. The second-order valence-corrected chi connectivity index (χ2v) is 5.67. The number of carboxylic acids is 1. The minimum atomic E-state index is -0.909. The lowest BCUT2D eigenvalue weighted by Crippen LogP contribution is -2.42. The van der Waals surface area contributed by atoms with Crippen LogP contribution in [-0.2, 0) is 15.0 Å². The maximum atomic E-state index is 13.0. The highest BCUT2D eigenvalue weighted by molar-refractivity contribution is 5.91. The number of nitrogens with zero attached hydrogens (tertiary/aromatic N) is 1. The maximum Gasteiger partial charge on any atom is 0.308 e. The summed E-state index contributed by atoms with van der Waals surface area (Å²) in [6.07, 6.45) is 1.46. The van der Waals surface area contributed by atoms with Crippen LogP contribution in [-0.4, -0.2) is 35.0 Å². The SMILES string of the molecule is CCN(CC(C)C(=O)O)C(=O)C1(c2ccc(F)cc2)CC1. The first-order chi connectivity index (χ1) is 9.90. The van der Waals surface area contributed by atoms with Crippen molar-refractivity contribution in [3.63, 3.8) is 0 Å². The molecule has 0 heterocycles. The van der Waals surface area contributed by atoms with Gasteiger partial charge in [-0.25, -0.2) is 4.39 Å². The molecule has 1 saturated carbocycles. The third kappa shape index (κ3) is 3.06. The predicted octanol–water partition coefficient (Wildman–Crippen LogP) is 2.43. The molecule has 0 saturated heterocycles. The van der Waals surface area contributed by atoms with Crippen molar-refractivity contribution in [1.29, 1.82) is 0 Å². The van der Waals surface area contributed by atoms with Gasteiger partial charge in [-0.3, -0.25) is 9.59 Å². The lowest BCUT2D eigenvalue weighted by Gasteiger charge is -2.28.